The molecule has 3 nitrogen and oxygen atoms in total. The van der Waals surface area contributed by atoms with E-state index in [2.05, 4.69) is 0 Å². The van der Waals surface area contributed by atoms with E-state index < -0.39 is 11.9 Å². The largest absolute Gasteiger partial charge is 0.490 e. The van der Waals surface area contributed by atoms with E-state index in [1.54, 1.807) is 24.3 Å². The molecular weight excluding hydrogens is 293 g/mol. The van der Waals surface area contributed by atoms with Gasteiger partial charge < -0.3 is 15.2 Å². The van der Waals surface area contributed by atoms with E-state index in [0.717, 1.165) is 12.0 Å². The van der Waals surface area contributed by atoms with Crippen LogP contribution in [0.2, 0.25) is 5.02 Å². The summed E-state index contributed by atoms with van der Waals surface area (Å²) < 4.78 is 25.3. The number of benzene rings is 2. The summed E-state index contributed by atoms with van der Waals surface area (Å²) in [5, 5.41) is 0.0669. The van der Waals surface area contributed by atoms with Gasteiger partial charge in [-0.1, -0.05) is 29.8 Å². The summed E-state index contributed by atoms with van der Waals surface area (Å²) in [7, 11) is 0. The molecule has 1 unspecified atom stereocenters. The first-order valence-electron chi connectivity index (χ1n) is 6.76. The maximum Gasteiger partial charge on any atom is 0.161 e. The third-order valence-electron chi connectivity index (χ3n) is 3.45. The Morgan fingerprint density at radius 2 is 1.86 bits per heavy atom. The Morgan fingerprint density at radius 1 is 1.10 bits per heavy atom. The van der Waals surface area contributed by atoms with E-state index in [-0.39, 0.29) is 5.02 Å². The highest BCUT2D eigenvalue weighted by Crippen LogP contribution is 2.34. The quantitative estimate of drug-likeness (QED) is 0.920. The second-order valence-electron chi connectivity index (χ2n) is 4.88. The topological polar surface area (TPSA) is 44.5 Å². The maximum absolute atomic E-state index is 14.1. The van der Waals surface area contributed by atoms with Crippen LogP contribution in [0.1, 0.15) is 23.6 Å². The monoisotopic (exact) mass is 307 g/mol. The Balaban J connectivity index is 1.96. The fourth-order valence-electron chi connectivity index (χ4n) is 2.31. The van der Waals surface area contributed by atoms with Crippen LogP contribution in [0.4, 0.5) is 4.39 Å². The molecule has 1 aliphatic heterocycles. The van der Waals surface area contributed by atoms with Gasteiger partial charge in [0.25, 0.3) is 0 Å². The standard InChI is InChI=1S/C16H15ClFNO2/c17-12-4-1-3-11(15(12)18)16(19)10-5-6-13-14(9-10)21-8-2-7-20-13/h1,3-6,9,16H,2,7-8,19H2. The average molecular weight is 308 g/mol. The highest BCUT2D eigenvalue weighted by atomic mass is 35.5. The van der Waals surface area contributed by atoms with Gasteiger partial charge >= 0.3 is 0 Å². The number of ether oxygens (including phenoxy) is 2. The molecule has 0 aliphatic carbocycles. The summed E-state index contributed by atoms with van der Waals surface area (Å²) in [4.78, 5) is 0. The molecule has 0 aromatic heterocycles. The van der Waals surface area contributed by atoms with Gasteiger partial charge in [-0.15, -0.1) is 0 Å². The molecule has 0 bridgehead atoms. The Morgan fingerprint density at radius 3 is 2.67 bits per heavy atom. The minimum atomic E-state index is -0.610. The van der Waals surface area contributed by atoms with E-state index in [9.17, 15) is 4.39 Å². The van der Waals surface area contributed by atoms with Crippen LogP contribution in [0.3, 0.4) is 0 Å². The molecule has 0 spiro atoms. The van der Waals surface area contributed by atoms with Crippen molar-refractivity contribution in [2.75, 3.05) is 13.2 Å². The third-order valence-corrected chi connectivity index (χ3v) is 3.74. The van der Waals surface area contributed by atoms with Crippen LogP contribution < -0.4 is 15.2 Å². The first-order chi connectivity index (χ1) is 10.2. The minimum Gasteiger partial charge on any atom is -0.490 e. The number of nitrogens with two attached hydrogens (primary N) is 1. The lowest BCUT2D eigenvalue weighted by Gasteiger charge is -2.16. The van der Waals surface area contributed by atoms with E-state index in [1.807, 2.05) is 6.07 Å². The van der Waals surface area contributed by atoms with Crippen molar-refractivity contribution in [2.45, 2.75) is 12.5 Å². The van der Waals surface area contributed by atoms with Gasteiger partial charge in [-0.3, -0.25) is 0 Å². The van der Waals surface area contributed by atoms with Crippen LogP contribution in [0.15, 0.2) is 36.4 Å². The van der Waals surface area contributed by atoms with Gasteiger partial charge in [0.2, 0.25) is 0 Å². The summed E-state index contributed by atoms with van der Waals surface area (Å²) in [5.74, 6) is 0.844. The van der Waals surface area contributed by atoms with Crippen LogP contribution in [0, 0.1) is 5.82 Å². The van der Waals surface area contributed by atoms with Crippen molar-refractivity contribution < 1.29 is 13.9 Å². The molecule has 0 amide bonds. The molecule has 110 valence electrons. The zero-order valence-corrected chi connectivity index (χ0v) is 12.1. The Labute approximate surface area is 127 Å². The van der Waals surface area contributed by atoms with Gasteiger partial charge in [0.15, 0.2) is 11.5 Å². The van der Waals surface area contributed by atoms with Crippen molar-refractivity contribution in [1.29, 1.82) is 0 Å². The number of hydrogen-bond acceptors (Lipinski definition) is 3. The predicted molar refractivity (Wildman–Crippen MR) is 79.5 cm³/mol. The molecular formula is C16H15ClFNO2. The number of hydrogen-bond donors (Lipinski definition) is 1. The summed E-state index contributed by atoms with van der Waals surface area (Å²) in [6.45, 7) is 1.22. The molecule has 0 saturated carbocycles. The first kappa shape index (κ1) is 14.2. The van der Waals surface area contributed by atoms with Crippen LogP contribution in [-0.4, -0.2) is 13.2 Å². The highest BCUT2D eigenvalue weighted by Gasteiger charge is 2.18. The fraction of sp³-hybridized carbons (Fsp3) is 0.250. The van der Waals surface area contributed by atoms with Gasteiger partial charge in [0.1, 0.15) is 5.82 Å². The van der Waals surface area contributed by atoms with Gasteiger partial charge in [0.05, 0.1) is 24.3 Å². The maximum atomic E-state index is 14.1. The smallest absolute Gasteiger partial charge is 0.161 e. The molecule has 2 N–H and O–H groups in total. The van der Waals surface area contributed by atoms with E-state index in [1.165, 1.54) is 6.07 Å². The van der Waals surface area contributed by atoms with Gasteiger partial charge in [0, 0.05) is 12.0 Å². The van der Waals surface area contributed by atoms with Gasteiger partial charge in [-0.05, 0) is 23.8 Å². The molecule has 2 aromatic rings. The van der Waals surface area contributed by atoms with Crippen LogP contribution in [-0.2, 0) is 0 Å². The Hall–Kier alpha value is -1.78. The molecule has 0 radical (unpaired) electrons. The third kappa shape index (κ3) is 2.82. The SMILES string of the molecule is NC(c1ccc2c(c1)OCCCO2)c1cccc(Cl)c1F. The lowest BCUT2D eigenvalue weighted by molar-refractivity contribution is 0.297. The molecule has 3 rings (SSSR count). The van der Waals surface area contributed by atoms with E-state index in [4.69, 9.17) is 26.8 Å². The zero-order chi connectivity index (χ0) is 14.8. The van der Waals surface area contributed by atoms with Crippen molar-refractivity contribution in [2.24, 2.45) is 5.73 Å². The van der Waals surface area contributed by atoms with Crippen molar-refractivity contribution >= 4 is 11.6 Å². The molecule has 0 fully saturated rings. The minimum absolute atomic E-state index is 0.0669. The number of rotatable bonds is 2. The molecule has 5 heteroatoms. The summed E-state index contributed by atoms with van der Waals surface area (Å²) in [6, 6.07) is 9.63. The molecule has 0 saturated heterocycles. The van der Waals surface area contributed by atoms with Crippen LogP contribution >= 0.6 is 11.6 Å². The Bertz CT molecular complexity index is 663. The summed E-state index contributed by atoms with van der Waals surface area (Å²) >= 11 is 5.81. The van der Waals surface area contributed by atoms with E-state index in [0.29, 0.717) is 30.3 Å². The van der Waals surface area contributed by atoms with Crippen molar-refractivity contribution in [3.63, 3.8) is 0 Å². The van der Waals surface area contributed by atoms with E-state index >= 15 is 0 Å². The lowest BCUT2D eigenvalue weighted by Crippen LogP contribution is -2.14. The Kier molecular flexibility index (Phi) is 3.99. The highest BCUT2D eigenvalue weighted by molar-refractivity contribution is 6.30. The molecule has 1 atom stereocenters. The molecule has 21 heavy (non-hydrogen) atoms. The van der Waals surface area contributed by atoms with Crippen molar-refractivity contribution in [3.05, 3.63) is 58.4 Å². The fourth-order valence-corrected chi connectivity index (χ4v) is 2.50. The molecule has 2 aromatic carbocycles. The normalized spacial score (nSPS) is 15.4. The summed E-state index contributed by atoms with van der Waals surface area (Å²) in [6.07, 6.45) is 0.832. The first-order valence-corrected chi connectivity index (χ1v) is 7.13. The predicted octanol–water partition coefficient (Wildman–Crippen LogP) is 3.69. The van der Waals surface area contributed by atoms with Crippen LogP contribution in [0.5, 0.6) is 11.5 Å². The van der Waals surface area contributed by atoms with Crippen molar-refractivity contribution in [3.8, 4) is 11.5 Å². The second kappa shape index (κ2) is 5.92. The van der Waals surface area contributed by atoms with Crippen LogP contribution in [0.25, 0.3) is 0 Å². The second-order valence-corrected chi connectivity index (χ2v) is 5.28. The van der Waals surface area contributed by atoms with Crippen molar-refractivity contribution in [1.82, 2.24) is 0 Å². The summed E-state index contributed by atoms with van der Waals surface area (Å²) in [5.41, 5.74) is 7.27. The lowest BCUT2D eigenvalue weighted by atomic mass is 9.98. The zero-order valence-electron chi connectivity index (χ0n) is 11.3. The molecule has 1 heterocycles. The van der Waals surface area contributed by atoms with Gasteiger partial charge in [-0.2, -0.15) is 0 Å². The molecule has 1 aliphatic rings. The van der Waals surface area contributed by atoms with Gasteiger partial charge in [-0.25, -0.2) is 4.39 Å². The number of fused-ring (bicyclic) bond motifs is 1. The average Bonchev–Trinajstić information content (AvgIpc) is 2.74. The number of halogens is 2.